The van der Waals surface area contributed by atoms with Gasteiger partial charge in [-0.2, -0.15) is 68.2 Å². The van der Waals surface area contributed by atoms with E-state index in [1.807, 2.05) is 127 Å². The number of nitriles is 3. The summed E-state index contributed by atoms with van der Waals surface area (Å²) in [6, 6.07) is 45.7. The summed E-state index contributed by atoms with van der Waals surface area (Å²) in [5.41, 5.74) is 2.25. The number of ether oxygens (including phenoxy) is 1. The molecule has 578 valence electrons. The lowest BCUT2D eigenvalue weighted by molar-refractivity contribution is -0.146. The molecule has 3 aromatic heterocycles. The molecule has 0 radical (unpaired) electrons. The molecule has 0 atom stereocenters. The van der Waals surface area contributed by atoms with E-state index in [1.165, 1.54) is 4.90 Å². The Balaban J connectivity index is 0.000000160. The summed E-state index contributed by atoms with van der Waals surface area (Å²) in [5, 5.41) is 39.2. The Morgan fingerprint density at radius 2 is 0.817 bits per heavy atom. The van der Waals surface area contributed by atoms with Crippen molar-refractivity contribution in [2.24, 2.45) is 11.7 Å². The number of hydrogen-bond donors (Lipinski definition) is 2. The molecule has 0 unspecified atom stereocenters. The Hall–Kier alpha value is -9.79. The minimum absolute atomic E-state index is 0.128. The summed E-state index contributed by atoms with van der Waals surface area (Å²) in [5.74, 6) is -1.28. The molecular weight excluding hydrogens is 1490 g/mol. The van der Waals surface area contributed by atoms with E-state index < -0.39 is 70.2 Å². The smallest absolute Gasteiger partial charge is 0.481 e. The Kier molecular flexibility index (Phi) is 24.3. The molecule has 21 nitrogen and oxygen atoms in total. The minimum Gasteiger partial charge on any atom is -0.481 e. The maximum atomic E-state index is 12.9. The van der Waals surface area contributed by atoms with Crippen molar-refractivity contribution in [3.05, 3.63) is 179 Å². The van der Waals surface area contributed by atoms with Gasteiger partial charge in [0.15, 0.2) is 0 Å². The average Bonchev–Trinajstić information content (AvgIpc) is 1.60. The normalized spacial score (nSPS) is 16.5. The Bertz CT molecular complexity index is 5170. The minimum atomic E-state index is -5.33. The summed E-state index contributed by atoms with van der Waals surface area (Å²) < 4.78 is 199. The molecule has 3 N–H and O–H groups in total. The molecule has 33 heteroatoms. The molecule has 4 saturated heterocycles. The Morgan fingerprint density at radius 1 is 0.495 bits per heavy atom. The van der Waals surface area contributed by atoms with Crippen LogP contribution in [-0.2, 0) is 52.6 Å². The number of nitrogens with two attached hydrogens (primary N) is 1. The highest BCUT2D eigenvalue weighted by Crippen LogP contribution is 2.43. The molecule has 0 spiro atoms. The molecule has 7 heterocycles. The van der Waals surface area contributed by atoms with E-state index in [9.17, 15) is 90.1 Å². The van der Waals surface area contributed by atoms with Crippen LogP contribution in [0.5, 0.6) is 0 Å². The molecule has 13 rings (SSSR count). The number of carbonyl (C=O) groups excluding carboxylic acids is 1. The van der Waals surface area contributed by atoms with Crippen molar-refractivity contribution in [3.8, 4) is 51.6 Å². The molecule has 6 aromatic carbocycles. The molecule has 0 aliphatic carbocycles. The van der Waals surface area contributed by atoms with Crippen LogP contribution in [-0.4, -0.2) is 148 Å². The first-order valence-corrected chi connectivity index (χ1v) is 39.0. The van der Waals surface area contributed by atoms with Crippen LogP contribution in [0, 0.1) is 46.8 Å². The maximum Gasteiger partial charge on any atom is 0.511 e. The number of nitrogens with zero attached hydrogens (tertiary/aromatic N) is 10. The van der Waals surface area contributed by atoms with Gasteiger partial charge in [0.05, 0.1) is 40.8 Å². The van der Waals surface area contributed by atoms with Crippen molar-refractivity contribution in [3.63, 3.8) is 0 Å². The number of likely N-dealkylation sites (tertiary alicyclic amines) is 1. The number of benzene rings is 6. The number of amides is 1. The Labute approximate surface area is 624 Å². The van der Waals surface area contributed by atoms with Crippen molar-refractivity contribution in [1.29, 1.82) is 15.8 Å². The van der Waals surface area contributed by atoms with E-state index in [2.05, 4.69) is 28.8 Å². The van der Waals surface area contributed by atoms with Gasteiger partial charge in [-0.25, -0.2) is 30.0 Å². The third-order valence-electron chi connectivity index (χ3n) is 19.6. The predicted molar refractivity (Wildman–Crippen MR) is 392 cm³/mol. The maximum absolute atomic E-state index is 12.9. The van der Waals surface area contributed by atoms with Crippen LogP contribution >= 0.6 is 0 Å². The highest BCUT2D eigenvalue weighted by atomic mass is 32.2. The number of carbonyl (C=O) groups is 2. The number of sulfonamides is 3. The molecule has 1 amide bonds. The van der Waals surface area contributed by atoms with Crippen LogP contribution < -0.4 is 5.73 Å². The van der Waals surface area contributed by atoms with Gasteiger partial charge in [-0.3, -0.25) is 4.79 Å². The molecule has 4 aliphatic rings. The fourth-order valence-corrected chi connectivity index (χ4v) is 16.8. The first-order chi connectivity index (χ1) is 51.2. The van der Waals surface area contributed by atoms with Gasteiger partial charge in [-0.1, -0.05) is 79.7 Å². The first kappa shape index (κ1) is 81.7. The lowest BCUT2D eigenvalue weighted by Crippen LogP contribution is -2.54. The van der Waals surface area contributed by atoms with Gasteiger partial charge in [-0.15, -0.1) is 0 Å². The van der Waals surface area contributed by atoms with Crippen molar-refractivity contribution in [2.75, 3.05) is 52.4 Å². The number of alkyl halides is 9. The predicted octanol–water partition coefficient (Wildman–Crippen LogP) is 15.3. The molecule has 0 saturated carbocycles. The third-order valence-corrected chi connectivity index (χ3v) is 24.5. The summed E-state index contributed by atoms with van der Waals surface area (Å²) >= 11 is 0. The number of piperidine rings is 3. The van der Waals surface area contributed by atoms with Crippen LogP contribution in [0.15, 0.2) is 146 Å². The van der Waals surface area contributed by atoms with Gasteiger partial charge in [0.2, 0.25) is 0 Å². The van der Waals surface area contributed by atoms with Crippen molar-refractivity contribution < 1.29 is 84.2 Å². The molecule has 9 aromatic rings. The number of halogens is 9. The average molecular weight is 1570 g/mol. The second-order valence-electron chi connectivity index (χ2n) is 27.9. The van der Waals surface area contributed by atoms with Crippen LogP contribution in [0.2, 0.25) is 0 Å². The van der Waals surface area contributed by atoms with Crippen molar-refractivity contribution >= 4 is 74.8 Å². The van der Waals surface area contributed by atoms with Crippen molar-refractivity contribution in [1.82, 2.24) is 31.5 Å². The number of rotatable bonds is 12. The van der Waals surface area contributed by atoms with Crippen LogP contribution in [0.4, 0.5) is 44.3 Å². The lowest BCUT2D eigenvalue weighted by atomic mass is 10.0. The van der Waals surface area contributed by atoms with Gasteiger partial charge in [0.1, 0.15) is 5.60 Å². The van der Waals surface area contributed by atoms with E-state index in [-0.39, 0.29) is 109 Å². The van der Waals surface area contributed by atoms with Gasteiger partial charge >= 0.3 is 58.7 Å². The SMILES string of the molecule is CC(C)(C)OC(=O)N1CC(C(=O)O)C1.CCc1ccc2c(-c3cccc(C#N)c3)cn(C3CCN(S(=O)(=O)C(F)(F)F)CC3)c2c1.Cc1ccc2c(-c3cccc(C#N)c3)cn(C3CCN(S(=O)(=O)C(F)(F)F)CC3)c2c1.N#Cc1cccc(-c2cn(C3CCN(S(=O)(=O)C(F)(F)F)CC3)c3cc(CN)ccc23)c1. The zero-order chi connectivity index (χ0) is 79.5. The summed E-state index contributed by atoms with van der Waals surface area (Å²) in [6.07, 6.45) is 7.90. The van der Waals surface area contributed by atoms with Gasteiger partial charge in [-0.05, 0) is 161 Å². The zero-order valence-corrected chi connectivity index (χ0v) is 62.2. The summed E-state index contributed by atoms with van der Waals surface area (Å²) in [7, 11) is -15.9. The van der Waals surface area contributed by atoms with E-state index in [1.54, 1.807) is 57.2 Å². The second-order valence-corrected chi connectivity index (χ2v) is 33.7. The molecule has 109 heavy (non-hydrogen) atoms. The van der Waals surface area contributed by atoms with Crippen LogP contribution in [0.1, 0.15) is 118 Å². The van der Waals surface area contributed by atoms with E-state index in [0.29, 0.717) is 36.2 Å². The first-order valence-electron chi connectivity index (χ1n) is 34.7. The number of aliphatic carboxylic acids is 1. The highest BCUT2D eigenvalue weighted by molar-refractivity contribution is 7.90. The Morgan fingerprint density at radius 3 is 1.12 bits per heavy atom. The number of hydrogen-bond acceptors (Lipinski definition) is 13. The summed E-state index contributed by atoms with van der Waals surface area (Å²) in [6.45, 7) is 9.04. The monoisotopic (exact) mass is 1570 g/mol. The quantitative estimate of drug-likeness (QED) is 0.108. The van der Waals surface area contributed by atoms with E-state index >= 15 is 0 Å². The number of fused-ring (bicyclic) bond motifs is 3. The van der Waals surface area contributed by atoms with Crippen LogP contribution in [0.25, 0.3) is 66.1 Å². The fourth-order valence-electron chi connectivity index (χ4n) is 13.8. The number of aryl methyl sites for hydroxylation is 2. The zero-order valence-electron chi connectivity index (χ0n) is 59.8. The number of carboxylic acids is 1. The molecule has 0 bridgehead atoms. The second kappa shape index (κ2) is 32.4. The molecule has 4 fully saturated rings. The number of carboxylic acid groups (broad SMARTS) is 1. The van der Waals surface area contributed by atoms with E-state index in [0.717, 1.165) is 89.2 Å². The van der Waals surface area contributed by atoms with Gasteiger partial charge in [0.25, 0.3) is 0 Å². The molecular formula is C76H78F9N11O10S3. The standard InChI is InChI=1S/C23H22F3N3O2S.C22H21F3N4O2S.C22H20F3N3O2S.C9H15NO4/c1-2-16-6-7-20-21(18-5-3-4-17(12-18)14-27)15-29(22(20)13-16)19-8-10-28(11-9-19)32(30,31)23(24,25)26;23-22(24,25)32(30,31)28-8-6-18(7-9-28)29-14-20(17-3-1-2-15(10-17)12-26)19-5-4-16(13-27)11-21(19)29;1-15-5-6-19-20(17-4-2-3-16(12-17)13-26)14-28(21(19)11-15)18-7-9-27(10-8-18)31(29,30)22(23,24)25;1-9(2,3)14-8(13)10-4-6(5-10)7(11)12/h3-7,12-13,15,19H,2,8-11H2,1H3;1-5,10-11,14,18H,6-9,13,27H2;2-6,11-12,14,18H,7-10H2,1H3;6H,4-5H2,1-3H3,(H,11,12). The summed E-state index contributed by atoms with van der Waals surface area (Å²) in [4.78, 5) is 23.2. The van der Waals surface area contributed by atoms with Crippen LogP contribution in [0.3, 0.4) is 0 Å². The largest absolute Gasteiger partial charge is 0.511 e. The van der Waals surface area contributed by atoms with Gasteiger partial charge in [0, 0.05) is 145 Å². The lowest BCUT2D eigenvalue weighted by Gasteiger charge is -2.37. The fraction of sp³-hybridized carbons (Fsp3) is 0.382. The topological polar surface area (TPSA) is 291 Å². The highest BCUT2D eigenvalue weighted by Gasteiger charge is 2.53. The number of aromatic nitrogens is 3. The van der Waals surface area contributed by atoms with Crippen molar-refractivity contribution in [2.45, 2.75) is 126 Å². The molecule has 4 aliphatic heterocycles. The van der Waals surface area contributed by atoms with Gasteiger partial charge < -0.3 is 34.2 Å². The third kappa shape index (κ3) is 17.9. The van der Waals surface area contributed by atoms with E-state index in [4.69, 9.17) is 15.6 Å².